The maximum Gasteiger partial charge on any atom is 0.222 e. The summed E-state index contributed by atoms with van der Waals surface area (Å²) in [5.41, 5.74) is 0. The lowest BCUT2D eigenvalue weighted by molar-refractivity contribution is -0.127. The lowest BCUT2D eigenvalue weighted by atomic mass is 10.4. The minimum absolute atomic E-state index is 0.209. The normalized spacial score (nSPS) is 14.9. The second kappa shape index (κ2) is 11.0. The van der Waals surface area contributed by atoms with Crippen molar-refractivity contribution in [1.29, 1.82) is 0 Å². The molecular formula is C18H27FN4OS. The smallest absolute Gasteiger partial charge is 0.222 e. The first-order chi connectivity index (χ1) is 12.2. The molecule has 0 atom stereocenters. The number of rotatable bonds is 9. The summed E-state index contributed by atoms with van der Waals surface area (Å²) in [6, 6.07) is 6.54. The van der Waals surface area contributed by atoms with Crippen molar-refractivity contribution < 1.29 is 9.18 Å². The highest BCUT2D eigenvalue weighted by Crippen LogP contribution is 2.17. The van der Waals surface area contributed by atoms with Crippen LogP contribution in [-0.4, -0.2) is 55.2 Å². The minimum Gasteiger partial charge on any atom is -0.357 e. The van der Waals surface area contributed by atoms with Gasteiger partial charge in [-0.25, -0.2) is 4.39 Å². The molecular weight excluding hydrogens is 339 g/mol. The second-order valence-electron chi connectivity index (χ2n) is 5.83. The van der Waals surface area contributed by atoms with Crippen LogP contribution in [0.1, 0.15) is 26.2 Å². The van der Waals surface area contributed by atoms with Crippen LogP contribution in [-0.2, 0) is 4.79 Å². The van der Waals surface area contributed by atoms with Crippen LogP contribution < -0.4 is 10.6 Å². The van der Waals surface area contributed by atoms with E-state index in [1.165, 1.54) is 12.1 Å². The maximum absolute atomic E-state index is 12.9. The summed E-state index contributed by atoms with van der Waals surface area (Å²) in [5.74, 6) is 1.74. The molecule has 7 heteroatoms. The predicted octanol–water partition coefficient (Wildman–Crippen LogP) is 2.49. The molecule has 1 fully saturated rings. The molecule has 0 bridgehead atoms. The van der Waals surface area contributed by atoms with Crippen molar-refractivity contribution in [1.82, 2.24) is 15.5 Å². The summed E-state index contributed by atoms with van der Waals surface area (Å²) in [5, 5.41) is 6.53. The van der Waals surface area contributed by atoms with Gasteiger partial charge in [0.05, 0.1) is 0 Å². The molecule has 0 spiro atoms. The number of hydrogen-bond acceptors (Lipinski definition) is 3. The van der Waals surface area contributed by atoms with E-state index in [4.69, 9.17) is 0 Å². The van der Waals surface area contributed by atoms with Crippen molar-refractivity contribution in [3.63, 3.8) is 0 Å². The number of benzene rings is 1. The summed E-state index contributed by atoms with van der Waals surface area (Å²) < 4.78 is 12.9. The Bertz CT molecular complexity index is 565. The van der Waals surface area contributed by atoms with E-state index < -0.39 is 0 Å². The van der Waals surface area contributed by atoms with Crippen molar-refractivity contribution in [2.24, 2.45) is 4.99 Å². The fourth-order valence-electron chi connectivity index (χ4n) is 2.60. The van der Waals surface area contributed by atoms with Gasteiger partial charge in [0.25, 0.3) is 0 Å². The van der Waals surface area contributed by atoms with E-state index in [9.17, 15) is 9.18 Å². The Morgan fingerprint density at radius 3 is 2.80 bits per heavy atom. The molecule has 25 heavy (non-hydrogen) atoms. The molecule has 1 aromatic carbocycles. The van der Waals surface area contributed by atoms with Gasteiger partial charge < -0.3 is 15.5 Å². The third-order valence-electron chi connectivity index (χ3n) is 3.85. The SMILES string of the molecule is CCNC(=NCCCN1CCCC1=O)NCCSc1ccc(F)cc1. The zero-order valence-electron chi connectivity index (χ0n) is 14.8. The van der Waals surface area contributed by atoms with Crippen molar-refractivity contribution in [3.8, 4) is 0 Å². The van der Waals surface area contributed by atoms with Crippen LogP contribution in [0.4, 0.5) is 4.39 Å². The number of guanidine groups is 1. The predicted molar refractivity (Wildman–Crippen MR) is 102 cm³/mol. The Balaban J connectivity index is 1.64. The van der Waals surface area contributed by atoms with Gasteiger partial charge in [0.15, 0.2) is 5.96 Å². The number of carbonyl (C=O) groups is 1. The third kappa shape index (κ3) is 7.34. The molecule has 1 heterocycles. The van der Waals surface area contributed by atoms with E-state index in [2.05, 4.69) is 15.6 Å². The Morgan fingerprint density at radius 2 is 2.12 bits per heavy atom. The van der Waals surface area contributed by atoms with Gasteiger partial charge in [-0.1, -0.05) is 0 Å². The molecule has 1 amide bonds. The minimum atomic E-state index is -0.209. The average molecular weight is 367 g/mol. The van der Waals surface area contributed by atoms with Crippen molar-refractivity contribution in [3.05, 3.63) is 30.1 Å². The average Bonchev–Trinajstić information content (AvgIpc) is 3.02. The standard InChI is InChI=1S/C18H27FN4OS/c1-2-20-18(21-10-4-13-23-12-3-5-17(23)24)22-11-14-25-16-8-6-15(19)7-9-16/h6-9H,2-5,10-14H2,1H3,(H2,20,21,22). The summed E-state index contributed by atoms with van der Waals surface area (Å²) >= 11 is 1.68. The van der Waals surface area contributed by atoms with Crippen LogP contribution in [0, 0.1) is 5.82 Å². The Labute approximate surface area is 153 Å². The molecule has 138 valence electrons. The van der Waals surface area contributed by atoms with Crippen LogP contribution in [0.5, 0.6) is 0 Å². The van der Waals surface area contributed by atoms with Gasteiger partial charge in [0.1, 0.15) is 5.82 Å². The zero-order valence-corrected chi connectivity index (χ0v) is 15.6. The molecule has 2 rings (SSSR count). The number of thioether (sulfide) groups is 1. The second-order valence-corrected chi connectivity index (χ2v) is 7.00. The molecule has 0 unspecified atom stereocenters. The van der Waals surface area contributed by atoms with E-state index >= 15 is 0 Å². The molecule has 0 aliphatic carbocycles. The molecule has 0 saturated carbocycles. The fraction of sp³-hybridized carbons (Fsp3) is 0.556. The van der Waals surface area contributed by atoms with E-state index in [0.29, 0.717) is 13.0 Å². The Hall–Kier alpha value is -1.76. The van der Waals surface area contributed by atoms with Gasteiger partial charge in [-0.05, 0) is 44.0 Å². The van der Waals surface area contributed by atoms with Crippen molar-refractivity contribution in [2.75, 3.05) is 38.5 Å². The summed E-state index contributed by atoms with van der Waals surface area (Å²) in [4.78, 5) is 19.1. The Morgan fingerprint density at radius 1 is 1.32 bits per heavy atom. The third-order valence-corrected chi connectivity index (χ3v) is 4.86. The molecule has 1 aliphatic heterocycles. The monoisotopic (exact) mass is 366 g/mol. The van der Waals surface area contributed by atoms with Crippen LogP contribution in [0.2, 0.25) is 0 Å². The van der Waals surface area contributed by atoms with Gasteiger partial charge in [-0.2, -0.15) is 0 Å². The molecule has 1 aromatic rings. The zero-order chi connectivity index (χ0) is 17.9. The summed E-state index contributed by atoms with van der Waals surface area (Å²) in [6.45, 7) is 6.00. The lowest BCUT2D eigenvalue weighted by Gasteiger charge is -2.15. The van der Waals surface area contributed by atoms with E-state index in [-0.39, 0.29) is 11.7 Å². The molecule has 0 aromatic heterocycles. The van der Waals surface area contributed by atoms with E-state index in [1.807, 2.05) is 11.8 Å². The maximum atomic E-state index is 12.9. The molecule has 2 N–H and O–H groups in total. The topological polar surface area (TPSA) is 56.7 Å². The van der Waals surface area contributed by atoms with Crippen molar-refractivity contribution >= 4 is 23.6 Å². The number of nitrogens with zero attached hydrogens (tertiary/aromatic N) is 2. The number of amides is 1. The summed E-state index contributed by atoms with van der Waals surface area (Å²) in [7, 11) is 0. The summed E-state index contributed by atoms with van der Waals surface area (Å²) in [6.07, 6.45) is 2.56. The number of likely N-dealkylation sites (tertiary alicyclic amines) is 1. The van der Waals surface area contributed by atoms with Crippen LogP contribution >= 0.6 is 11.8 Å². The quantitative estimate of drug-likeness (QED) is 0.305. The highest BCUT2D eigenvalue weighted by atomic mass is 32.2. The number of carbonyl (C=O) groups excluding carboxylic acids is 1. The van der Waals surface area contributed by atoms with Gasteiger partial charge in [-0.3, -0.25) is 9.79 Å². The largest absolute Gasteiger partial charge is 0.357 e. The first-order valence-corrected chi connectivity index (χ1v) is 9.86. The number of halogens is 1. The molecule has 1 saturated heterocycles. The van der Waals surface area contributed by atoms with Gasteiger partial charge in [0, 0.05) is 49.8 Å². The first kappa shape index (κ1) is 19.6. The van der Waals surface area contributed by atoms with Gasteiger partial charge in [0.2, 0.25) is 5.91 Å². The highest BCUT2D eigenvalue weighted by Gasteiger charge is 2.18. The number of aliphatic imine (C=N–C) groups is 1. The highest BCUT2D eigenvalue weighted by molar-refractivity contribution is 7.99. The molecule has 1 aliphatic rings. The lowest BCUT2D eigenvalue weighted by Crippen LogP contribution is -2.38. The van der Waals surface area contributed by atoms with Crippen LogP contribution in [0.3, 0.4) is 0 Å². The van der Waals surface area contributed by atoms with Crippen LogP contribution in [0.25, 0.3) is 0 Å². The van der Waals surface area contributed by atoms with E-state index in [0.717, 1.165) is 55.6 Å². The van der Waals surface area contributed by atoms with Gasteiger partial charge in [-0.15, -0.1) is 11.8 Å². The number of nitrogens with one attached hydrogen (secondary N) is 2. The fourth-order valence-corrected chi connectivity index (χ4v) is 3.37. The van der Waals surface area contributed by atoms with Crippen molar-refractivity contribution in [2.45, 2.75) is 31.1 Å². The van der Waals surface area contributed by atoms with Crippen LogP contribution in [0.15, 0.2) is 34.2 Å². The molecule has 0 radical (unpaired) electrons. The Kier molecular flexibility index (Phi) is 8.59. The van der Waals surface area contributed by atoms with Gasteiger partial charge >= 0.3 is 0 Å². The number of hydrogen-bond donors (Lipinski definition) is 2. The van der Waals surface area contributed by atoms with E-state index in [1.54, 1.807) is 23.9 Å². The first-order valence-electron chi connectivity index (χ1n) is 8.87. The molecule has 5 nitrogen and oxygen atoms in total.